The number of rotatable bonds is 6. The Kier molecular flexibility index (Phi) is 7.64. The number of nitrogens with two attached hydrogens (primary N) is 1. The molecule has 1 heterocycles. The Hall–Kier alpha value is -1.84. The highest BCUT2D eigenvalue weighted by molar-refractivity contribution is 14.0. The molecule has 1 aromatic heterocycles. The summed E-state index contributed by atoms with van der Waals surface area (Å²) in [6.45, 7) is 1.14. The van der Waals surface area contributed by atoms with E-state index in [0.29, 0.717) is 12.5 Å². The first-order chi connectivity index (χ1) is 10.2. The van der Waals surface area contributed by atoms with E-state index in [1.165, 1.54) is 5.56 Å². The van der Waals surface area contributed by atoms with Gasteiger partial charge in [-0.05, 0) is 24.1 Å². The molecule has 0 saturated carbocycles. The molecule has 7 nitrogen and oxygen atoms in total. The predicted molar refractivity (Wildman–Crippen MR) is 96.4 cm³/mol. The molecular weight excluding hydrogens is 395 g/mol. The summed E-state index contributed by atoms with van der Waals surface area (Å²) in [6.07, 6.45) is 2.50. The Morgan fingerprint density at radius 2 is 2.09 bits per heavy atom. The minimum absolute atomic E-state index is 0. The normalized spacial score (nSPS) is 10.9. The van der Waals surface area contributed by atoms with Crippen molar-refractivity contribution in [3.8, 4) is 5.75 Å². The fourth-order valence-electron chi connectivity index (χ4n) is 1.79. The van der Waals surface area contributed by atoms with Gasteiger partial charge in [0.05, 0.1) is 7.11 Å². The van der Waals surface area contributed by atoms with Crippen LogP contribution in [0.3, 0.4) is 0 Å². The van der Waals surface area contributed by atoms with E-state index in [1.54, 1.807) is 13.4 Å². The van der Waals surface area contributed by atoms with Crippen LogP contribution in [0.2, 0.25) is 0 Å². The second-order valence-corrected chi connectivity index (χ2v) is 4.58. The van der Waals surface area contributed by atoms with Crippen LogP contribution < -0.4 is 15.8 Å². The summed E-state index contributed by atoms with van der Waals surface area (Å²) in [5.41, 5.74) is 7.02. The Labute approximate surface area is 147 Å². The van der Waals surface area contributed by atoms with Crippen LogP contribution >= 0.6 is 24.0 Å². The van der Waals surface area contributed by atoms with Crippen LogP contribution in [0, 0.1) is 0 Å². The zero-order valence-electron chi connectivity index (χ0n) is 12.7. The van der Waals surface area contributed by atoms with Gasteiger partial charge in [-0.1, -0.05) is 12.1 Å². The number of nitrogens with one attached hydrogen (secondary N) is 1. The third-order valence-electron chi connectivity index (χ3n) is 3.07. The number of guanidine groups is 1. The van der Waals surface area contributed by atoms with E-state index in [2.05, 4.69) is 20.5 Å². The summed E-state index contributed by atoms with van der Waals surface area (Å²) in [7, 11) is 3.53. The molecule has 0 spiro atoms. The smallest absolute Gasteiger partial charge is 0.189 e. The summed E-state index contributed by atoms with van der Waals surface area (Å²) in [5, 5.41) is 10.8. The van der Waals surface area contributed by atoms with Gasteiger partial charge in [-0.25, -0.2) is 4.99 Å². The van der Waals surface area contributed by atoms with Gasteiger partial charge in [0, 0.05) is 13.6 Å². The van der Waals surface area contributed by atoms with Crippen molar-refractivity contribution in [1.29, 1.82) is 0 Å². The summed E-state index contributed by atoms with van der Waals surface area (Å²) >= 11 is 0. The largest absolute Gasteiger partial charge is 0.497 e. The Morgan fingerprint density at radius 1 is 1.36 bits per heavy atom. The number of nitrogens with zero attached hydrogens (tertiary/aromatic N) is 4. The summed E-state index contributed by atoms with van der Waals surface area (Å²) in [4.78, 5) is 4.23. The van der Waals surface area contributed by atoms with E-state index in [9.17, 15) is 0 Å². The molecule has 22 heavy (non-hydrogen) atoms. The molecule has 0 bridgehead atoms. The highest BCUT2D eigenvalue weighted by Crippen LogP contribution is 2.11. The minimum Gasteiger partial charge on any atom is -0.497 e. The molecule has 0 saturated heterocycles. The number of aliphatic imine (C=N–C) groups is 1. The molecule has 8 heteroatoms. The topological polar surface area (TPSA) is 90.3 Å². The van der Waals surface area contributed by atoms with Gasteiger partial charge in [0.15, 0.2) is 11.8 Å². The molecular formula is C14H21IN6O. The average Bonchev–Trinajstić information content (AvgIpc) is 2.91. The number of aryl methyl sites for hydroxylation is 1. The van der Waals surface area contributed by atoms with Crippen molar-refractivity contribution >= 4 is 29.9 Å². The average molecular weight is 416 g/mol. The number of hydrogen-bond acceptors (Lipinski definition) is 4. The molecule has 0 fully saturated rings. The number of aromatic nitrogens is 3. The first-order valence-electron chi connectivity index (χ1n) is 6.68. The fraction of sp³-hybridized carbons (Fsp3) is 0.357. The molecule has 0 aliphatic heterocycles. The van der Waals surface area contributed by atoms with Gasteiger partial charge in [0.25, 0.3) is 0 Å². The maximum Gasteiger partial charge on any atom is 0.189 e. The van der Waals surface area contributed by atoms with Gasteiger partial charge in [0.1, 0.15) is 18.6 Å². The predicted octanol–water partition coefficient (Wildman–Crippen LogP) is 1.09. The van der Waals surface area contributed by atoms with E-state index in [1.807, 2.05) is 35.9 Å². The lowest BCUT2D eigenvalue weighted by Gasteiger charge is -2.06. The molecule has 1 aromatic carbocycles. The molecule has 0 aliphatic carbocycles. The first-order valence-corrected chi connectivity index (χ1v) is 6.68. The second kappa shape index (κ2) is 9.23. The van der Waals surface area contributed by atoms with Crippen molar-refractivity contribution in [2.75, 3.05) is 13.7 Å². The van der Waals surface area contributed by atoms with Crippen LogP contribution in [-0.4, -0.2) is 34.4 Å². The van der Waals surface area contributed by atoms with Gasteiger partial charge < -0.3 is 20.4 Å². The summed E-state index contributed by atoms with van der Waals surface area (Å²) < 4.78 is 6.93. The highest BCUT2D eigenvalue weighted by Gasteiger charge is 2.00. The SMILES string of the molecule is COc1ccc(CCNC(N)=NCc2nncn2C)cc1.I. The molecule has 3 N–H and O–H groups in total. The van der Waals surface area contributed by atoms with Crippen molar-refractivity contribution in [2.45, 2.75) is 13.0 Å². The van der Waals surface area contributed by atoms with Crippen LogP contribution in [0.15, 0.2) is 35.6 Å². The van der Waals surface area contributed by atoms with Gasteiger partial charge in [-0.3, -0.25) is 0 Å². The Bertz CT molecular complexity index is 596. The van der Waals surface area contributed by atoms with E-state index < -0.39 is 0 Å². The van der Waals surface area contributed by atoms with Crippen LogP contribution in [0.4, 0.5) is 0 Å². The van der Waals surface area contributed by atoms with Crippen molar-refractivity contribution in [1.82, 2.24) is 20.1 Å². The van der Waals surface area contributed by atoms with Crippen LogP contribution in [0.5, 0.6) is 5.75 Å². The number of ether oxygens (including phenoxy) is 1. The highest BCUT2D eigenvalue weighted by atomic mass is 127. The van der Waals surface area contributed by atoms with E-state index in [0.717, 1.165) is 24.5 Å². The zero-order chi connectivity index (χ0) is 15.1. The molecule has 0 amide bonds. The number of halogens is 1. The summed E-state index contributed by atoms with van der Waals surface area (Å²) in [6, 6.07) is 7.96. The number of methoxy groups -OCH3 is 1. The first kappa shape index (κ1) is 18.2. The van der Waals surface area contributed by atoms with Crippen molar-refractivity contribution < 1.29 is 4.74 Å². The quantitative estimate of drug-likeness (QED) is 0.418. The summed E-state index contributed by atoms with van der Waals surface area (Å²) in [5.74, 6) is 2.04. The zero-order valence-corrected chi connectivity index (χ0v) is 15.0. The molecule has 0 atom stereocenters. The molecule has 0 aliphatic rings. The van der Waals surface area contributed by atoms with Crippen LogP contribution in [0.25, 0.3) is 0 Å². The lowest BCUT2D eigenvalue weighted by atomic mass is 10.1. The molecule has 2 rings (SSSR count). The molecule has 120 valence electrons. The van der Waals surface area contributed by atoms with E-state index in [4.69, 9.17) is 10.5 Å². The van der Waals surface area contributed by atoms with Crippen molar-refractivity contribution in [2.24, 2.45) is 17.8 Å². The maximum atomic E-state index is 5.81. The van der Waals surface area contributed by atoms with Gasteiger partial charge in [0.2, 0.25) is 0 Å². The molecule has 0 unspecified atom stereocenters. The van der Waals surface area contributed by atoms with Gasteiger partial charge in [-0.15, -0.1) is 34.2 Å². The lowest BCUT2D eigenvalue weighted by Crippen LogP contribution is -2.33. The third-order valence-corrected chi connectivity index (χ3v) is 3.07. The monoisotopic (exact) mass is 416 g/mol. The minimum atomic E-state index is 0. The van der Waals surface area contributed by atoms with Gasteiger partial charge >= 0.3 is 0 Å². The molecule has 2 aromatic rings. The fourth-order valence-corrected chi connectivity index (χ4v) is 1.79. The van der Waals surface area contributed by atoms with Crippen LogP contribution in [-0.2, 0) is 20.0 Å². The van der Waals surface area contributed by atoms with Crippen LogP contribution in [0.1, 0.15) is 11.4 Å². The second-order valence-electron chi connectivity index (χ2n) is 4.58. The van der Waals surface area contributed by atoms with Crippen molar-refractivity contribution in [3.05, 3.63) is 42.0 Å². The van der Waals surface area contributed by atoms with E-state index >= 15 is 0 Å². The molecule has 0 radical (unpaired) electrons. The van der Waals surface area contributed by atoms with Crippen molar-refractivity contribution in [3.63, 3.8) is 0 Å². The number of benzene rings is 1. The third kappa shape index (κ3) is 5.51. The Morgan fingerprint density at radius 3 is 2.68 bits per heavy atom. The standard InChI is InChI=1S/C14H20N6O.HI/c1-20-10-18-19-13(20)9-17-14(15)16-8-7-11-3-5-12(21-2)6-4-11;/h3-6,10H,7-9H2,1-2H3,(H3,15,16,17);1H. The maximum absolute atomic E-state index is 5.81. The Balaban J connectivity index is 0.00000242. The van der Waals surface area contributed by atoms with Gasteiger partial charge in [-0.2, -0.15) is 0 Å². The lowest BCUT2D eigenvalue weighted by molar-refractivity contribution is 0.414. The number of hydrogen-bond donors (Lipinski definition) is 2. The van der Waals surface area contributed by atoms with E-state index in [-0.39, 0.29) is 24.0 Å².